The molecular formula is C21H26F2N4O2. The lowest BCUT2D eigenvalue weighted by Gasteiger charge is -2.31. The molecule has 1 amide bonds. The van der Waals surface area contributed by atoms with Crippen LogP contribution in [0.15, 0.2) is 29.1 Å². The molecule has 2 aliphatic rings. The molecule has 2 aromatic rings. The van der Waals surface area contributed by atoms with Crippen molar-refractivity contribution in [1.29, 1.82) is 0 Å². The lowest BCUT2D eigenvalue weighted by Crippen LogP contribution is -2.42. The highest BCUT2D eigenvalue weighted by Crippen LogP contribution is 2.31. The van der Waals surface area contributed by atoms with Crippen LogP contribution in [0, 0.1) is 0 Å². The van der Waals surface area contributed by atoms with Crippen molar-refractivity contribution in [3.8, 4) is 0 Å². The van der Waals surface area contributed by atoms with Gasteiger partial charge in [-0.2, -0.15) is 0 Å². The van der Waals surface area contributed by atoms with Crippen molar-refractivity contribution in [2.45, 2.75) is 51.1 Å². The molecule has 2 saturated heterocycles. The number of fused-ring (bicyclic) bond motifs is 1. The number of hydrogen-bond acceptors (Lipinski definition) is 4. The molecule has 0 bridgehead atoms. The third kappa shape index (κ3) is 4.17. The summed E-state index contributed by atoms with van der Waals surface area (Å²) in [5.74, 6) is 0.599. The molecule has 3 heterocycles. The fourth-order valence-corrected chi connectivity index (χ4v) is 4.49. The number of rotatable bonds is 6. The van der Waals surface area contributed by atoms with Gasteiger partial charge in [0.05, 0.1) is 23.5 Å². The van der Waals surface area contributed by atoms with E-state index in [4.69, 9.17) is 0 Å². The van der Waals surface area contributed by atoms with Gasteiger partial charge in [-0.05, 0) is 44.4 Å². The van der Waals surface area contributed by atoms with Gasteiger partial charge in [-0.3, -0.25) is 19.1 Å². The molecular weight excluding hydrogens is 378 g/mol. The molecule has 0 radical (unpaired) electrons. The van der Waals surface area contributed by atoms with Crippen LogP contribution in [0.3, 0.4) is 0 Å². The van der Waals surface area contributed by atoms with E-state index in [0.717, 1.165) is 43.3 Å². The summed E-state index contributed by atoms with van der Waals surface area (Å²) in [6, 6.07) is 6.70. The van der Waals surface area contributed by atoms with E-state index < -0.39 is 18.5 Å². The van der Waals surface area contributed by atoms with Crippen molar-refractivity contribution >= 4 is 16.8 Å². The van der Waals surface area contributed by atoms with E-state index in [1.54, 1.807) is 24.3 Å². The first kappa shape index (κ1) is 19.9. The largest absolute Gasteiger partial charge is 0.341 e. The molecule has 1 aromatic carbocycles. The summed E-state index contributed by atoms with van der Waals surface area (Å²) in [5, 5.41) is 0.361. The van der Waals surface area contributed by atoms with Gasteiger partial charge in [0.2, 0.25) is 5.91 Å². The summed E-state index contributed by atoms with van der Waals surface area (Å²) < 4.78 is 27.7. The van der Waals surface area contributed by atoms with Crippen LogP contribution >= 0.6 is 0 Å². The number of para-hydroxylation sites is 1. The van der Waals surface area contributed by atoms with E-state index in [1.807, 2.05) is 4.90 Å². The van der Waals surface area contributed by atoms with Gasteiger partial charge in [-0.15, -0.1) is 0 Å². The van der Waals surface area contributed by atoms with Crippen LogP contribution in [0.2, 0.25) is 0 Å². The SMILES string of the molecule is O=C1CCCCN1CCN1CCCC1c1nc2ccccc2c(=O)n1CC(F)F. The highest BCUT2D eigenvalue weighted by molar-refractivity contribution is 5.77. The minimum atomic E-state index is -2.63. The minimum absolute atomic E-state index is 0.186. The highest BCUT2D eigenvalue weighted by atomic mass is 19.3. The van der Waals surface area contributed by atoms with Gasteiger partial charge in [-0.1, -0.05) is 12.1 Å². The highest BCUT2D eigenvalue weighted by Gasteiger charge is 2.31. The number of aromatic nitrogens is 2. The standard InChI is InChI=1S/C21H26F2N4O2/c22-18(23)14-27-20(24-16-7-2-1-6-15(16)21(27)29)17-8-5-11-25(17)12-13-26-10-4-3-9-19(26)28/h1-2,6-7,17-18H,3-5,8-14H2. The molecule has 1 atom stereocenters. The lowest BCUT2D eigenvalue weighted by atomic mass is 10.1. The first-order valence-electron chi connectivity index (χ1n) is 10.3. The zero-order valence-corrected chi connectivity index (χ0v) is 16.4. The van der Waals surface area contributed by atoms with Crippen LogP contribution in [0.1, 0.15) is 44.0 Å². The Morgan fingerprint density at radius 2 is 1.90 bits per heavy atom. The number of nitrogens with zero attached hydrogens (tertiary/aromatic N) is 4. The van der Waals surface area contributed by atoms with Crippen molar-refractivity contribution in [2.24, 2.45) is 0 Å². The second-order valence-corrected chi connectivity index (χ2v) is 7.83. The summed E-state index contributed by atoms with van der Waals surface area (Å²) in [5.41, 5.74) is 0.125. The van der Waals surface area contributed by atoms with E-state index >= 15 is 0 Å². The minimum Gasteiger partial charge on any atom is -0.341 e. The Hall–Kier alpha value is -2.35. The van der Waals surface area contributed by atoms with Crippen molar-refractivity contribution in [3.05, 3.63) is 40.4 Å². The Morgan fingerprint density at radius 1 is 1.07 bits per heavy atom. The smallest absolute Gasteiger partial charge is 0.261 e. The average Bonchev–Trinajstić information content (AvgIpc) is 3.17. The lowest BCUT2D eigenvalue weighted by molar-refractivity contribution is -0.133. The number of benzene rings is 1. The van der Waals surface area contributed by atoms with Crippen molar-refractivity contribution in [3.63, 3.8) is 0 Å². The van der Waals surface area contributed by atoms with E-state index in [-0.39, 0.29) is 11.9 Å². The number of carbonyl (C=O) groups is 1. The number of alkyl halides is 2. The molecule has 2 aliphatic heterocycles. The van der Waals surface area contributed by atoms with Gasteiger partial charge < -0.3 is 4.90 Å². The molecule has 1 aromatic heterocycles. The fourth-order valence-electron chi connectivity index (χ4n) is 4.49. The third-order valence-electron chi connectivity index (χ3n) is 5.95. The number of halogens is 2. The van der Waals surface area contributed by atoms with E-state index in [1.165, 1.54) is 0 Å². The van der Waals surface area contributed by atoms with Crippen molar-refractivity contribution in [2.75, 3.05) is 26.2 Å². The Morgan fingerprint density at radius 3 is 2.69 bits per heavy atom. The van der Waals surface area contributed by atoms with Crippen LogP contribution in [-0.2, 0) is 11.3 Å². The van der Waals surface area contributed by atoms with E-state index in [9.17, 15) is 18.4 Å². The van der Waals surface area contributed by atoms with Crippen LogP contribution in [-0.4, -0.2) is 57.9 Å². The van der Waals surface area contributed by atoms with E-state index in [0.29, 0.717) is 36.2 Å². The van der Waals surface area contributed by atoms with Gasteiger partial charge in [0.1, 0.15) is 5.82 Å². The number of likely N-dealkylation sites (tertiary alicyclic amines) is 2. The first-order chi connectivity index (χ1) is 14.0. The maximum Gasteiger partial charge on any atom is 0.261 e. The summed E-state index contributed by atoms with van der Waals surface area (Å²) in [6.45, 7) is 2.22. The molecule has 0 spiro atoms. The second-order valence-electron chi connectivity index (χ2n) is 7.83. The molecule has 0 aliphatic carbocycles. The Balaban J connectivity index is 1.63. The van der Waals surface area contributed by atoms with Gasteiger partial charge >= 0.3 is 0 Å². The summed E-state index contributed by atoms with van der Waals surface area (Å²) >= 11 is 0. The maximum absolute atomic E-state index is 13.3. The molecule has 2 fully saturated rings. The topological polar surface area (TPSA) is 58.4 Å². The van der Waals surface area contributed by atoms with Gasteiger partial charge in [-0.25, -0.2) is 13.8 Å². The molecule has 1 unspecified atom stereocenters. The average molecular weight is 404 g/mol. The second kappa shape index (κ2) is 8.57. The zero-order valence-electron chi connectivity index (χ0n) is 16.4. The number of carbonyl (C=O) groups excluding carboxylic acids is 1. The zero-order chi connectivity index (χ0) is 20.4. The normalized spacial score (nSPS) is 20.9. The third-order valence-corrected chi connectivity index (χ3v) is 5.95. The number of amides is 1. The molecule has 29 heavy (non-hydrogen) atoms. The summed E-state index contributed by atoms with van der Waals surface area (Å²) in [4.78, 5) is 33.7. The number of hydrogen-bond donors (Lipinski definition) is 0. The van der Waals surface area contributed by atoms with Gasteiger partial charge in [0.15, 0.2) is 0 Å². The molecule has 8 heteroatoms. The fraction of sp³-hybridized carbons (Fsp3) is 0.571. The Bertz CT molecular complexity index is 946. The summed E-state index contributed by atoms with van der Waals surface area (Å²) in [6.07, 6.45) is 1.62. The number of piperidine rings is 1. The predicted molar refractivity (Wildman–Crippen MR) is 106 cm³/mol. The van der Waals surface area contributed by atoms with Crippen LogP contribution in [0.5, 0.6) is 0 Å². The molecule has 0 N–H and O–H groups in total. The van der Waals surface area contributed by atoms with Crippen LogP contribution in [0.25, 0.3) is 10.9 Å². The van der Waals surface area contributed by atoms with Crippen molar-refractivity contribution in [1.82, 2.24) is 19.4 Å². The maximum atomic E-state index is 13.3. The van der Waals surface area contributed by atoms with Gasteiger partial charge in [0.25, 0.3) is 12.0 Å². The van der Waals surface area contributed by atoms with E-state index in [2.05, 4.69) is 9.88 Å². The Kier molecular flexibility index (Phi) is 5.89. The molecule has 4 rings (SSSR count). The van der Waals surface area contributed by atoms with Gasteiger partial charge in [0, 0.05) is 26.1 Å². The van der Waals surface area contributed by atoms with Crippen molar-refractivity contribution < 1.29 is 13.6 Å². The summed E-state index contributed by atoms with van der Waals surface area (Å²) in [7, 11) is 0. The molecule has 0 saturated carbocycles. The molecule has 6 nitrogen and oxygen atoms in total. The van der Waals surface area contributed by atoms with Crippen LogP contribution in [0.4, 0.5) is 8.78 Å². The monoisotopic (exact) mass is 404 g/mol. The van der Waals surface area contributed by atoms with Crippen LogP contribution < -0.4 is 5.56 Å². The predicted octanol–water partition coefficient (Wildman–Crippen LogP) is 2.81. The quantitative estimate of drug-likeness (QED) is 0.743. The first-order valence-corrected chi connectivity index (χ1v) is 10.3. The Labute approximate surface area is 168 Å². The molecule has 156 valence electrons.